The lowest BCUT2D eigenvalue weighted by atomic mass is 9.96. The maximum atomic E-state index is 12.4. The van der Waals surface area contributed by atoms with Gasteiger partial charge < -0.3 is 11.2 Å². The molecule has 3 aromatic heterocycles. The summed E-state index contributed by atoms with van der Waals surface area (Å²) >= 11 is 2.64. The Kier molecular flexibility index (Phi) is 6.44. The first-order chi connectivity index (χ1) is 15.2. The molecule has 1 aliphatic carbocycles. The average Bonchev–Trinajstić information content (AvgIpc) is 3.32. The number of anilines is 2. The first kappa shape index (κ1) is 20.8. The van der Waals surface area contributed by atoms with E-state index in [-0.39, 0.29) is 17.6 Å². The monoisotopic (exact) mass is 453 g/mol. The number of amides is 1. The van der Waals surface area contributed by atoms with Crippen molar-refractivity contribution in [1.82, 2.24) is 19.9 Å². The second-order valence-corrected chi connectivity index (χ2v) is 8.74. The van der Waals surface area contributed by atoms with E-state index in [0.717, 1.165) is 48.6 Å². The Morgan fingerprint density at radius 1 is 1.42 bits per heavy atom. The van der Waals surface area contributed by atoms with Gasteiger partial charge >= 0.3 is 0 Å². The summed E-state index contributed by atoms with van der Waals surface area (Å²) in [5.74, 6) is 6.08. The number of carbonyl (C=O) groups excluding carboxylic acids is 1. The number of fused-ring (bicyclic) bond motifs is 1. The molecule has 4 N–H and O–H groups in total. The van der Waals surface area contributed by atoms with Crippen molar-refractivity contribution in [2.75, 3.05) is 22.3 Å². The summed E-state index contributed by atoms with van der Waals surface area (Å²) in [7, 11) is 0. The molecule has 12 heteroatoms. The number of hydrogen-bond acceptors (Lipinski definition) is 10. The van der Waals surface area contributed by atoms with E-state index in [1.54, 1.807) is 24.7 Å². The molecule has 158 valence electrons. The van der Waals surface area contributed by atoms with Gasteiger partial charge in [-0.2, -0.15) is 10.4 Å². The van der Waals surface area contributed by atoms with E-state index in [1.165, 1.54) is 20.9 Å². The van der Waals surface area contributed by atoms with Gasteiger partial charge in [0.05, 0.1) is 17.5 Å². The number of pyridine rings is 1. The number of nitrogens with two attached hydrogens (primary N) is 1. The number of nitrogens with one attached hydrogen (secondary N) is 2. The Balaban J connectivity index is 1.34. The third kappa shape index (κ3) is 4.84. The van der Waals surface area contributed by atoms with Crippen LogP contribution in [0.3, 0.4) is 0 Å². The van der Waals surface area contributed by atoms with E-state index in [4.69, 9.17) is 5.84 Å². The van der Waals surface area contributed by atoms with Crippen LogP contribution in [0, 0.1) is 11.3 Å². The molecule has 0 aromatic carbocycles. The van der Waals surface area contributed by atoms with Crippen LogP contribution in [0.1, 0.15) is 34.4 Å². The lowest BCUT2D eigenvalue weighted by Gasteiger charge is -2.09. The molecule has 0 saturated heterocycles. The largest absolute Gasteiger partial charge is 0.334 e. The minimum atomic E-state index is -0.229. The second-order valence-electron chi connectivity index (χ2n) is 6.70. The van der Waals surface area contributed by atoms with Crippen LogP contribution in [-0.2, 0) is 17.6 Å². The van der Waals surface area contributed by atoms with Gasteiger partial charge in [0, 0.05) is 22.8 Å². The smallest absolute Gasteiger partial charge is 0.264 e. The highest BCUT2D eigenvalue weighted by Crippen LogP contribution is 2.37. The molecule has 0 unspecified atom stereocenters. The van der Waals surface area contributed by atoms with Crippen LogP contribution in [0.2, 0.25) is 0 Å². The van der Waals surface area contributed by atoms with Gasteiger partial charge in [-0.3, -0.25) is 9.78 Å². The van der Waals surface area contributed by atoms with Crippen LogP contribution < -0.4 is 16.6 Å². The van der Waals surface area contributed by atoms with Crippen LogP contribution in [0.15, 0.2) is 34.8 Å². The molecule has 3 aromatic rings. The van der Waals surface area contributed by atoms with E-state index in [1.807, 2.05) is 6.07 Å². The molecular weight excluding hydrogens is 434 g/mol. The molecule has 0 spiro atoms. The maximum absolute atomic E-state index is 12.4. The van der Waals surface area contributed by atoms with Gasteiger partial charge in [-0.25, -0.2) is 10.1 Å². The molecule has 1 amide bonds. The molecule has 0 aliphatic heterocycles. The molecule has 0 fully saturated rings. The van der Waals surface area contributed by atoms with Gasteiger partial charge in [0.15, 0.2) is 0 Å². The zero-order chi connectivity index (χ0) is 21.6. The minimum Gasteiger partial charge on any atom is -0.334 e. The topological polar surface area (TPSA) is 147 Å². The van der Waals surface area contributed by atoms with Crippen LogP contribution in [0.4, 0.5) is 10.9 Å². The van der Waals surface area contributed by atoms with Crippen LogP contribution >= 0.6 is 23.1 Å². The second kappa shape index (κ2) is 9.59. The first-order valence-corrected chi connectivity index (χ1v) is 11.3. The number of aromatic nitrogens is 4. The Morgan fingerprint density at radius 2 is 2.29 bits per heavy atom. The molecule has 0 radical (unpaired) electrons. The maximum Gasteiger partial charge on any atom is 0.264 e. The van der Waals surface area contributed by atoms with Gasteiger partial charge in [0.25, 0.3) is 5.95 Å². The van der Waals surface area contributed by atoms with Gasteiger partial charge in [-0.05, 0) is 37.3 Å². The van der Waals surface area contributed by atoms with Crippen molar-refractivity contribution >= 4 is 46.2 Å². The lowest BCUT2D eigenvalue weighted by molar-refractivity contribution is -0.113. The molecule has 0 atom stereocenters. The van der Waals surface area contributed by atoms with Crippen LogP contribution in [-0.4, -0.2) is 37.7 Å². The van der Waals surface area contributed by atoms with Crippen molar-refractivity contribution in [1.29, 1.82) is 5.26 Å². The van der Waals surface area contributed by atoms with E-state index < -0.39 is 0 Å². The van der Waals surface area contributed by atoms with Gasteiger partial charge in [-0.1, -0.05) is 17.8 Å². The van der Waals surface area contributed by atoms with Crippen molar-refractivity contribution in [2.24, 2.45) is 5.10 Å². The number of thiophene rings is 1. The van der Waals surface area contributed by atoms with Crippen molar-refractivity contribution in [2.45, 2.75) is 30.8 Å². The number of nitriles is 1. The average molecular weight is 454 g/mol. The fourth-order valence-electron chi connectivity index (χ4n) is 3.13. The number of thioether (sulfide) groups is 1. The summed E-state index contributed by atoms with van der Waals surface area (Å²) < 4.78 is 1.23. The Morgan fingerprint density at radius 3 is 3.10 bits per heavy atom. The SMILES string of the molecule is N#Cc1c(NC(=O)CSc2nnc(N/N=C/c3cccnc3)n2N)sc2c1CCCC2. The molecule has 31 heavy (non-hydrogen) atoms. The summed E-state index contributed by atoms with van der Waals surface area (Å²) in [5.41, 5.74) is 5.21. The van der Waals surface area contributed by atoms with Crippen LogP contribution in [0.5, 0.6) is 0 Å². The predicted molar refractivity (Wildman–Crippen MR) is 121 cm³/mol. The third-order valence-electron chi connectivity index (χ3n) is 4.60. The summed E-state index contributed by atoms with van der Waals surface area (Å²) in [4.78, 5) is 17.6. The fraction of sp³-hybridized carbons (Fsp3) is 0.263. The number of hydrogen-bond donors (Lipinski definition) is 3. The summed E-state index contributed by atoms with van der Waals surface area (Å²) in [6, 6.07) is 5.90. The Bertz CT molecular complexity index is 1150. The number of nitrogen functional groups attached to an aromatic ring is 1. The van der Waals surface area contributed by atoms with Crippen LogP contribution in [0.25, 0.3) is 0 Å². The predicted octanol–water partition coefficient (Wildman–Crippen LogP) is 2.38. The van der Waals surface area contributed by atoms with E-state index in [2.05, 4.69) is 37.1 Å². The van der Waals surface area contributed by atoms with Crippen molar-refractivity contribution < 1.29 is 4.79 Å². The van der Waals surface area contributed by atoms with Gasteiger partial charge in [-0.15, -0.1) is 21.5 Å². The molecule has 0 bridgehead atoms. The molecule has 3 heterocycles. The standard InChI is InChI=1S/C19H19N9OS2/c20-8-14-13-5-1-2-6-15(13)31-17(14)24-16(29)11-30-19-27-26-18(28(19)21)25-23-10-12-4-3-7-22-9-12/h3-4,7,9-10H,1-2,5-6,11,21H2,(H,24,29)(H,25,26)/b23-10+. The summed E-state index contributed by atoms with van der Waals surface area (Å²) in [6.07, 6.45) is 8.99. The minimum absolute atomic E-state index is 0.0850. The molecule has 1 aliphatic rings. The number of hydrazone groups is 1. The van der Waals surface area contributed by atoms with E-state index in [9.17, 15) is 10.1 Å². The number of carbonyl (C=O) groups is 1. The highest BCUT2D eigenvalue weighted by Gasteiger charge is 2.22. The fourth-order valence-corrected chi connectivity index (χ4v) is 5.05. The number of rotatable bonds is 7. The highest BCUT2D eigenvalue weighted by atomic mass is 32.2. The van der Waals surface area contributed by atoms with E-state index >= 15 is 0 Å². The molecular formula is C19H19N9OS2. The molecule has 4 rings (SSSR count). The quantitative estimate of drug-likeness (QED) is 0.214. The molecule has 0 saturated carbocycles. The molecule has 10 nitrogen and oxygen atoms in total. The Hall–Kier alpha value is -3.43. The zero-order valence-electron chi connectivity index (χ0n) is 16.4. The van der Waals surface area contributed by atoms with Gasteiger partial charge in [0.1, 0.15) is 11.1 Å². The van der Waals surface area contributed by atoms with E-state index in [0.29, 0.717) is 15.7 Å². The zero-order valence-corrected chi connectivity index (χ0v) is 18.0. The lowest BCUT2D eigenvalue weighted by Crippen LogP contribution is -2.17. The van der Waals surface area contributed by atoms with Crippen molar-refractivity contribution in [3.63, 3.8) is 0 Å². The summed E-state index contributed by atoms with van der Waals surface area (Å²) in [5, 5.41) is 25.3. The van der Waals surface area contributed by atoms with Gasteiger partial charge in [0.2, 0.25) is 11.1 Å². The van der Waals surface area contributed by atoms with Crippen molar-refractivity contribution in [3.8, 4) is 6.07 Å². The number of aryl methyl sites for hydroxylation is 1. The first-order valence-electron chi connectivity index (χ1n) is 9.52. The highest BCUT2D eigenvalue weighted by molar-refractivity contribution is 7.99. The third-order valence-corrected chi connectivity index (χ3v) is 6.75. The summed E-state index contributed by atoms with van der Waals surface area (Å²) in [6.45, 7) is 0. The Labute approximate surface area is 186 Å². The normalized spacial score (nSPS) is 13.0. The number of nitrogens with zero attached hydrogens (tertiary/aromatic N) is 6. The van der Waals surface area contributed by atoms with Crippen molar-refractivity contribution in [3.05, 3.63) is 46.1 Å².